The standard InChI is InChI=1S/C16H19NO5/c1-2-22-16(21)12-5-7-13(8-6-12)17(10-9-14(18)19)15(20)11-3-4-11/h5-8,11H,2-4,9-10H2,1H3,(H,18,19). The number of carbonyl (C=O) groups is 3. The molecule has 2 rings (SSSR count). The minimum atomic E-state index is -0.947. The number of esters is 1. The summed E-state index contributed by atoms with van der Waals surface area (Å²) in [5, 5.41) is 8.82. The summed E-state index contributed by atoms with van der Waals surface area (Å²) in [6.45, 7) is 2.16. The third-order valence-corrected chi connectivity index (χ3v) is 3.43. The number of carboxylic acid groups (broad SMARTS) is 1. The molecular formula is C16H19NO5. The molecule has 118 valence electrons. The number of hydrogen-bond donors (Lipinski definition) is 1. The second-order valence-electron chi connectivity index (χ2n) is 5.18. The van der Waals surface area contributed by atoms with Gasteiger partial charge in [0.15, 0.2) is 0 Å². The maximum atomic E-state index is 12.3. The summed E-state index contributed by atoms with van der Waals surface area (Å²) in [4.78, 5) is 36.1. The normalized spacial score (nSPS) is 13.5. The van der Waals surface area contributed by atoms with Crippen LogP contribution >= 0.6 is 0 Å². The average molecular weight is 305 g/mol. The molecule has 0 aliphatic heterocycles. The molecule has 0 saturated heterocycles. The van der Waals surface area contributed by atoms with Crippen molar-refractivity contribution in [2.45, 2.75) is 26.2 Å². The monoisotopic (exact) mass is 305 g/mol. The van der Waals surface area contributed by atoms with Crippen molar-refractivity contribution in [3.8, 4) is 0 Å². The Morgan fingerprint density at radius 1 is 1.23 bits per heavy atom. The highest BCUT2D eigenvalue weighted by Crippen LogP contribution is 2.33. The van der Waals surface area contributed by atoms with E-state index in [0.717, 1.165) is 12.8 Å². The molecule has 22 heavy (non-hydrogen) atoms. The fraction of sp³-hybridized carbons (Fsp3) is 0.438. The fourth-order valence-corrected chi connectivity index (χ4v) is 2.12. The van der Waals surface area contributed by atoms with E-state index in [2.05, 4.69) is 0 Å². The summed E-state index contributed by atoms with van der Waals surface area (Å²) in [7, 11) is 0. The summed E-state index contributed by atoms with van der Waals surface area (Å²) < 4.78 is 4.91. The van der Waals surface area contributed by atoms with Crippen molar-refractivity contribution in [2.75, 3.05) is 18.1 Å². The molecule has 1 N–H and O–H groups in total. The van der Waals surface area contributed by atoms with E-state index >= 15 is 0 Å². The van der Waals surface area contributed by atoms with Gasteiger partial charge in [-0.1, -0.05) is 0 Å². The molecular weight excluding hydrogens is 286 g/mol. The number of carboxylic acids is 1. The number of aliphatic carboxylic acids is 1. The summed E-state index contributed by atoms with van der Waals surface area (Å²) in [5.74, 6) is -1.42. The van der Waals surface area contributed by atoms with E-state index in [0.29, 0.717) is 17.9 Å². The predicted molar refractivity (Wildman–Crippen MR) is 79.7 cm³/mol. The molecule has 6 nitrogen and oxygen atoms in total. The van der Waals surface area contributed by atoms with Crippen LogP contribution in [0.5, 0.6) is 0 Å². The quantitative estimate of drug-likeness (QED) is 0.780. The number of benzene rings is 1. The molecule has 0 aromatic heterocycles. The lowest BCUT2D eigenvalue weighted by molar-refractivity contribution is -0.136. The van der Waals surface area contributed by atoms with Gasteiger partial charge in [-0.25, -0.2) is 4.79 Å². The van der Waals surface area contributed by atoms with Gasteiger partial charge in [0.2, 0.25) is 5.91 Å². The Morgan fingerprint density at radius 2 is 1.86 bits per heavy atom. The summed E-state index contributed by atoms with van der Waals surface area (Å²) >= 11 is 0. The molecule has 0 bridgehead atoms. The Bertz CT molecular complexity index is 562. The third-order valence-electron chi connectivity index (χ3n) is 3.43. The highest BCUT2D eigenvalue weighted by atomic mass is 16.5. The predicted octanol–water partition coefficient (Wildman–Crippen LogP) is 2.08. The van der Waals surface area contributed by atoms with E-state index in [-0.39, 0.29) is 24.8 Å². The molecule has 0 radical (unpaired) electrons. The SMILES string of the molecule is CCOC(=O)c1ccc(N(CCC(=O)O)C(=O)C2CC2)cc1. The van der Waals surface area contributed by atoms with Crippen molar-refractivity contribution in [1.82, 2.24) is 0 Å². The first kappa shape index (κ1) is 16.0. The van der Waals surface area contributed by atoms with Crippen LogP contribution < -0.4 is 4.90 Å². The lowest BCUT2D eigenvalue weighted by Crippen LogP contribution is -2.34. The Morgan fingerprint density at radius 3 is 2.36 bits per heavy atom. The molecule has 1 amide bonds. The molecule has 1 aromatic carbocycles. The Balaban J connectivity index is 2.13. The number of amides is 1. The van der Waals surface area contributed by atoms with Crippen molar-refractivity contribution < 1.29 is 24.2 Å². The largest absolute Gasteiger partial charge is 0.481 e. The Hall–Kier alpha value is -2.37. The molecule has 1 aliphatic carbocycles. The van der Waals surface area contributed by atoms with Crippen molar-refractivity contribution in [1.29, 1.82) is 0 Å². The van der Waals surface area contributed by atoms with E-state index in [1.165, 1.54) is 4.90 Å². The lowest BCUT2D eigenvalue weighted by atomic mass is 10.1. The van der Waals surface area contributed by atoms with Crippen LogP contribution in [0.4, 0.5) is 5.69 Å². The van der Waals surface area contributed by atoms with Crippen molar-refractivity contribution >= 4 is 23.5 Å². The van der Waals surface area contributed by atoms with Gasteiger partial charge < -0.3 is 14.7 Å². The van der Waals surface area contributed by atoms with Crippen LogP contribution in [0.3, 0.4) is 0 Å². The average Bonchev–Trinajstić information content (AvgIpc) is 3.32. The molecule has 1 aromatic rings. The van der Waals surface area contributed by atoms with Crippen LogP contribution in [0.2, 0.25) is 0 Å². The van der Waals surface area contributed by atoms with Crippen molar-refractivity contribution in [2.24, 2.45) is 5.92 Å². The third kappa shape index (κ3) is 4.07. The van der Waals surface area contributed by atoms with E-state index in [1.807, 2.05) is 0 Å². The van der Waals surface area contributed by atoms with Gasteiger partial charge in [-0.05, 0) is 44.0 Å². The van der Waals surface area contributed by atoms with Gasteiger partial charge in [0.05, 0.1) is 18.6 Å². The molecule has 6 heteroatoms. The van der Waals surface area contributed by atoms with Crippen molar-refractivity contribution in [3.63, 3.8) is 0 Å². The van der Waals surface area contributed by atoms with Gasteiger partial charge in [-0.2, -0.15) is 0 Å². The van der Waals surface area contributed by atoms with Crippen LogP contribution in [-0.4, -0.2) is 36.1 Å². The molecule has 1 fully saturated rings. The van der Waals surface area contributed by atoms with Crippen molar-refractivity contribution in [3.05, 3.63) is 29.8 Å². The number of hydrogen-bond acceptors (Lipinski definition) is 4. The van der Waals surface area contributed by atoms with E-state index in [9.17, 15) is 14.4 Å². The van der Waals surface area contributed by atoms with Gasteiger partial charge in [0, 0.05) is 18.2 Å². The zero-order valence-electron chi connectivity index (χ0n) is 12.4. The molecule has 0 heterocycles. The van der Waals surface area contributed by atoms with Gasteiger partial charge in [0.1, 0.15) is 0 Å². The fourth-order valence-electron chi connectivity index (χ4n) is 2.12. The van der Waals surface area contributed by atoms with E-state index in [4.69, 9.17) is 9.84 Å². The molecule has 0 atom stereocenters. The van der Waals surface area contributed by atoms with Crippen LogP contribution in [0.1, 0.15) is 36.5 Å². The highest BCUT2D eigenvalue weighted by molar-refractivity contribution is 5.97. The highest BCUT2D eigenvalue weighted by Gasteiger charge is 2.34. The number of carbonyl (C=O) groups excluding carboxylic acids is 2. The Labute approximate surface area is 128 Å². The van der Waals surface area contributed by atoms with Crippen LogP contribution in [-0.2, 0) is 14.3 Å². The summed E-state index contributed by atoms with van der Waals surface area (Å²) in [6.07, 6.45) is 1.59. The van der Waals surface area contributed by atoms with Gasteiger partial charge >= 0.3 is 11.9 Å². The van der Waals surface area contributed by atoms with Gasteiger partial charge in [0.25, 0.3) is 0 Å². The lowest BCUT2D eigenvalue weighted by Gasteiger charge is -2.22. The molecule has 1 saturated carbocycles. The summed E-state index contributed by atoms with van der Waals surface area (Å²) in [6, 6.07) is 6.46. The minimum absolute atomic E-state index is 0.00136. The second kappa shape index (κ2) is 7.06. The summed E-state index contributed by atoms with van der Waals surface area (Å²) in [5.41, 5.74) is 1.01. The minimum Gasteiger partial charge on any atom is -0.481 e. The second-order valence-corrected chi connectivity index (χ2v) is 5.18. The Kier molecular flexibility index (Phi) is 5.14. The maximum absolute atomic E-state index is 12.3. The van der Waals surface area contributed by atoms with Gasteiger partial charge in [-0.15, -0.1) is 0 Å². The van der Waals surface area contributed by atoms with Crippen LogP contribution in [0.25, 0.3) is 0 Å². The number of nitrogens with zero attached hydrogens (tertiary/aromatic N) is 1. The maximum Gasteiger partial charge on any atom is 0.338 e. The number of ether oxygens (including phenoxy) is 1. The smallest absolute Gasteiger partial charge is 0.338 e. The van der Waals surface area contributed by atoms with E-state index < -0.39 is 11.9 Å². The zero-order chi connectivity index (χ0) is 16.1. The molecule has 0 unspecified atom stereocenters. The van der Waals surface area contributed by atoms with Crippen LogP contribution in [0, 0.1) is 5.92 Å². The topological polar surface area (TPSA) is 83.9 Å². The van der Waals surface area contributed by atoms with Gasteiger partial charge in [-0.3, -0.25) is 9.59 Å². The first-order valence-electron chi connectivity index (χ1n) is 7.33. The first-order valence-corrected chi connectivity index (χ1v) is 7.33. The van der Waals surface area contributed by atoms with E-state index in [1.54, 1.807) is 31.2 Å². The molecule has 1 aliphatic rings. The number of anilines is 1. The molecule has 0 spiro atoms. The zero-order valence-corrected chi connectivity index (χ0v) is 12.4. The first-order chi connectivity index (χ1) is 10.5. The van der Waals surface area contributed by atoms with Crippen LogP contribution in [0.15, 0.2) is 24.3 Å². The number of rotatable bonds is 7.